The lowest BCUT2D eigenvalue weighted by Gasteiger charge is -2.34. The second-order valence-electron chi connectivity index (χ2n) is 4.95. The second-order valence-corrected chi connectivity index (χ2v) is 5.36. The van der Waals surface area contributed by atoms with Crippen LogP contribution < -0.4 is 10.5 Å². The van der Waals surface area contributed by atoms with Gasteiger partial charge in [0.25, 0.3) is 0 Å². The molecule has 1 aromatic rings. The topological polar surface area (TPSA) is 55.5 Å². The van der Waals surface area contributed by atoms with Crippen LogP contribution >= 0.6 is 11.6 Å². The monoisotopic (exact) mass is 287 g/mol. The molecule has 0 amide bonds. The molecule has 2 rings (SSSR count). The molecule has 0 aromatic heterocycles. The van der Waals surface area contributed by atoms with Crippen molar-refractivity contribution < 1.29 is 14.2 Å². The summed E-state index contributed by atoms with van der Waals surface area (Å²) >= 11 is 5.99. The smallest absolute Gasteiger partial charge is 0.173 e. The molecule has 1 saturated carbocycles. The first-order valence-electron chi connectivity index (χ1n) is 6.60. The first-order chi connectivity index (χ1) is 9.04. The maximum atomic E-state index is 13.9. The quantitative estimate of drug-likeness (QED) is 0.875. The van der Waals surface area contributed by atoms with Crippen molar-refractivity contribution in [3.05, 3.63) is 28.5 Å². The number of aliphatic hydroxyl groups is 1. The van der Waals surface area contributed by atoms with Crippen LogP contribution in [0.15, 0.2) is 12.1 Å². The summed E-state index contributed by atoms with van der Waals surface area (Å²) in [5.41, 5.74) is 6.50. The molecule has 0 saturated heterocycles. The summed E-state index contributed by atoms with van der Waals surface area (Å²) in [6.45, 7) is 2.10. The second kappa shape index (κ2) is 6.07. The van der Waals surface area contributed by atoms with Crippen molar-refractivity contribution in [3.8, 4) is 5.75 Å². The lowest BCUT2D eigenvalue weighted by molar-refractivity contribution is 0.0413. The van der Waals surface area contributed by atoms with E-state index in [1.165, 1.54) is 6.07 Å². The van der Waals surface area contributed by atoms with Gasteiger partial charge in [0.05, 0.1) is 23.8 Å². The summed E-state index contributed by atoms with van der Waals surface area (Å²) in [5.74, 6) is -0.290. The summed E-state index contributed by atoms with van der Waals surface area (Å²) in [4.78, 5) is 0. The molecule has 1 aromatic carbocycles. The lowest BCUT2D eigenvalue weighted by atomic mass is 9.77. The average Bonchev–Trinajstić information content (AvgIpc) is 2.30. The molecule has 0 aliphatic heterocycles. The van der Waals surface area contributed by atoms with Gasteiger partial charge in [-0.2, -0.15) is 0 Å². The summed E-state index contributed by atoms with van der Waals surface area (Å²) in [6.07, 6.45) is 2.42. The molecular formula is C14H19ClFNO2. The Hall–Kier alpha value is -0.840. The molecule has 3 nitrogen and oxygen atoms in total. The molecule has 3 N–H and O–H groups in total. The van der Waals surface area contributed by atoms with Gasteiger partial charge in [-0.3, -0.25) is 0 Å². The van der Waals surface area contributed by atoms with Crippen LogP contribution in [0, 0.1) is 11.7 Å². The van der Waals surface area contributed by atoms with Crippen LogP contribution in [0.2, 0.25) is 5.02 Å². The van der Waals surface area contributed by atoms with E-state index in [1.54, 1.807) is 13.0 Å². The highest BCUT2D eigenvalue weighted by Gasteiger charge is 2.31. The number of nitrogens with two attached hydrogens (primary N) is 1. The molecule has 0 heterocycles. The number of ether oxygens (including phenoxy) is 1. The average molecular weight is 288 g/mol. The van der Waals surface area contributed by atoms with Crippen molar-refractivity contribution in [1.29, 1.82) is 0 Å². The van der Waals surface area contributed by atoms with Crippen LogP contribution in [0.3, 0.4) is 0 Å². The number of aliphatic hydroxyl groups excluding tert-OH is 1. The molecule has 5 heteroatoms. The van der Waals surface area contributed by atoms with Crippen LogP contribution in [0.1, 0.15) is 37.8 Å². The van der Waals surface area contributed by atoms with Crippen LogP contribution in [-0.2, 0) is 0 Å². The molecule has 0 radical (unpaired) electrons. The van der Waals surface area contributed by atoms with Crippen molar-refractivity contribution in [2.75, 3.05) is 6.61 Å². The van der Waals surface area contributed by atoms with E-state index in [9.17, 15) is 9.50 Å². The first-order valence-corrected chi connectivity index (χ1v) is 6.97. The zero-order chi connectivity index (χ0) is 14.0. The Bertz CT molecular complexity index is 428. The number of hydrogen-bond donors (Lipinski definition) is 2. The van der Waals surface area contributed by atoms with E-state index in [0.717, 1.165) is 19.3 Å². The van der Waals surface area contributed by atoms with Crippen molar-refractivity contribution in [2.45, 2.75) is 38.3 Å². The van der Waals surface area contributed by atoms with E-state index in [2.05, 4.69) is 0 Å². The SMILES string of the molecule is CCOc1c(F)cc([C@H](N)[C@H](O)C2CCC2)cc1Cl. The van der Waals surface area contributed by atoms with Crippen LogP contribution in [0.4, 0.5) is 4.39 Å². The fourth-order valence-electron chi connectivity index (χ4n) is 2.33. The van der Waals surface area contributed by atoms with Gasteiger partial charge in [0, 0.05) is 0 Å². The molecule has 1 aliphatic rings. The molecule has 106 valence electrons. The van der Waals surface area contributed by atoms with Crippen LogP contribution in [0.25, 0.3) is 0 Å². The largest absolute Gasteiger partial charge is 0.489 e. The molecule has 0 bridgehead atoms. The van der Waals surface area contributed by atoms with Gasteiger partial charge in [0.1, 0.15) is 0 Å². The van der Waals surface area contributed by atoms with E-state index >= 15 is 0 Å². The number of rotatable bonds is 5. The highest BCUT2D eigenvalue weighted by atomic mass is 35.5. The Morgan fingerprint density at radius 1 is 1.53 bits per heavy atom. The highest BCUT2D eigenvalue weighted by molar-refractivity contribution is 6.32. The van der Waals surface area contributed by atoms with E-state index < -0.39 is 18.0 Å². The molecular weight excluding hydrogens is 269 g/mol. The Morgan fingerprint density at radius 3 is 2.68 bits per heavy atom. The van der Waals surface area contributed by atoms with Gasteiger partial charge >= 0.3 is 0 Å². The summed E-state index contributed by atoms with van der Waals surface area (Å²) in [6, 6.07) is 2.25. The summed E-state index contributed by atoms with van der Waals surface area (Å²) in [5, 5.41) is 10.3. The summed E-state index contributed by atoms with van der Waals surface area (Å²) in [7, 11) is 0. The third-order valence-electron chi connectivity index (χ3n) is 3.69. The molecule has 0 unspecified atom stereocenters. The van der Waals surface area contributed by atoms with E-state index in [1.807, 2.05) is 0 Å². The number of halogens is 2. The van der Waals surface area contributed by atoms with Gasteiger partial charge in [0.2, 0.25) is 0 Å². The molecule has 1 fully saturated rings. The van der Waals surface area contributed by atoms with Crippen molar-refractivity contribution in [2.24, 2.45) is 11.7 Å². The lowest BCUT2D eigenvalue weighted by Crippen LogP contribution is -2.36. The Morgan fingerprint density at radius 2 is 2.21 bits per heavy atom. The fourth-order valence-corrected chi connectivity index (χ4v) is 2.60. The number of hydrogen-bond acceptors (Lipinski definition) is 3. The Labute approximate surface area is 117 Å². The first kappa shape index (κ1) is 14.6. The fraction of sp³-hybridized carbons (Fsp3) is 0.571. The zero-order valence-corrected chi connectivity index (χ0v) is 11.7. The van der Waals surface area contributed by atoms with Crippen molar-refractivity contribution >= 4 is 11.6 Å². The van der Waals surface area contributed by atoms with E-state index in [0.29, 0.717) is 12.2 Å². The van der Waals surface area contributed by atoms with Crippen LogP contribution in [-0.4, -0.2) is 17.8 Å². The standard InChI is InChI=1S/C14H19ClFNO2/c1-2-19-14-10(15)6-9(7-11(14)16)12(17)13(18)8-4-3-5-8/h6-8,12-13,18H,2-5,17H2,1H3/t12-,13+/m0/s1. The van der Waals surface area contributed by atoms with Crippen molar-refractivity contribution in [1.82, 2.24) is 0 Å². The van der Waals surface area contributed by atoms with Gasteiger partial charge in [-0.05, 0) is 43.4 Å². The highest BCUT2D eigenvalue weighted by Crippen LogP contribution is 2.37. The molecule has 1 aliphatic carbocycles. The zero-order valence-electron chi connectivity index (χ0n) is 10.9. The van der Waals surface area contributed by atoms with E-state index in [-0.39, 0.29) is 16.7 Å². The minimum atomic E-state index is -0.651. The van der Waals surface area contributed by atoms with E-state index in [4.69, 9.17) is 22.1 Å². The van der Waals surface area contributed by atoms with Crippen LogP contribution in [0.5, 0.6) is 5.75 Å². The van der Waals surface area contributed by atoms with Gasteiger partial charge in [-0.15, -0.1) is 0 Å². The summed E-state index contributed by atoms with van der Waals surface area (Å²) < 4.78 is 19.0. The normalized spacial score (nSPS) is 18.8. The maximum Gasteiger partial charge on any atom is 0.173 e. The molecule has 19 heavy (non-hydrogen) atoms. The predicted octanol–water partition coefficient (Wildman–Crippen LogP) is 3.04. The van der Waals surface area contributed by atoms with Gasteiger partial charge in [-0.1, -0.05) is 18.0 Å². The third-order valence-corrected chi connectivity index (χ3v) is 3.98. The van der Waals surface area contributed by atoms with Crippen molar-refractivity contribution in [3.63, 3.8) is 0 Å². The minimum absolute atomic E-state index is 0.0400. The molecule has 0 spiro atoms. The Kier molecular flexibility index (Phi) is 4.66. The third kappa shape index (κ3) is 3.02. The van der Waals surface area contributed by atoms with Gasteiger partial charge in [0.15, 0.2) is 11.6 Å². The molecule has 2 atom stereocenters. The number of benzene rings is 1. The van der Waals surface area contributed by atoms with Gasteiger partial charge in [-0.25, -0.2) is 4.39 Å². The predicted molar refractivity (Wildman–Crippen MR) is 72.9 cm³/mol. The maximum absolute atomic E-state index is 13.9. The Balaban J connectivity index is 2.20. The van der Waals surface area contributed by atoms with Gasteiger partial charge < -0.3 is 15.6 Å². The minimum Gasteiger partial charge on any atom is -0.489 e.